The largest absolute Gasteiger partial charge is 0.349 e. The van der Waals surface area contributed by atoms with E-state index in [0.717, 1.165) is 11.8 Å². The van der Waals surface area contributed by atoms with Crippen molar-refractivity contribution in [2.75, 3.05) is 7.05 Å². The molecule has 0 saturated heterocycles. The number of nitrogens with one attached hydrogen (secondary N) is 2. The van der Waals surface area contributed by atoms with E-state index < -0.39 is 0 Å². The van der Waals surface area contributed by atoms with Crippen LogP contribution in [0.4, 0.5) is 0 Å². The summed E-state index contributed by atoms with van der Waals surface area (Å²) in [6.45, 7) is 2.70. The van der Waals surface area contributed by atoms with Crippen molar-refractivity contribution in [3.05, 3.63) is 34.5 Å². The molecule has 0 aromatic carbocycles. The van der Waals surface area contributed by atoms with Gasteiger partial charge in [0.2, 0.25) is 0 Å². The van der Waals surface area contributed by atoms with Crippen molar-refractivity contribution in [1.82, 2.24) is 25.4 Å². The van der Waals surface area contributed by atoms with E-state index >= 15 is 0 Å². The molecular formula is C12H19IN6S. The number of aryl methyl sites for hydroxylation is 1. The molecule has 2 aromatic heterocycles. The minimum absolute atomic E-state index is 0. The second-order valence-electron chi connectivity index (χ2n) is 4.11. The van der Waals surface area contributed by atoms with Gasteiger partial charge in [0.1, 0.15) is 12.2 Å². The van der Waals surface area contributed by atoms with Crippen molar-refractivity contribution in [3.8, 4) is 0 Å². The summed E-state index contributed by atoms with van der Waals surface area (Å²) in [5.74, 6) is 1.62. The van der Waals surface area contributed by atoms with Gasteiger partial charge < -0.3 is 10.6 Å². The predicted octanol–water partition coefficient (Wildman–Crippen LogP) is 1.92. The first-order valence-electron chi connectivity index (χ1n) is 6.04. The molecule has 0 bridgehead atoms. The van der Waals surface area contributed by atoms with E-state index in [1.54, 1.807) is 29.4 Å². The van der Waals surface area contributed by atoms with Crippen LogP contribution in [0.1, 0.15) is 23.7 Å². The van der Waals surface area contributed by atoms with E-state index in [2.05, 4.69) is 44.1 Å². The molecule has 0 fully saturated rings. The SMILES string of the molecule is CN=C(NCc1ncnn1C)NC(C)c1cccs1.I. The fourth-order valence-corrected chi connectivity index (χ4v) is 2.39. The zero-order valence-electron chi connectivity index (χ0n) is 11.7. The average Bonchev–Trinajstić information content (AvgIpc) is 3.05. The fourth-order valence-electron chi connectivity index (χ4n) is 1.65. The molecule has 0 aliphatic heterocycles. The maximum absolute atomic E-state index is 4.21. The highest BCUT2D eigenvalue weighted by atomic mass is 127. The highest BCUT2D eigenvalue weighted by Crippen LogP contribution is 2.17. The normalized spacial score (nSPS) is 12.7. The minimum Gasteiger partial charge on any atom is -0.349 e. The second kappa shape index (κ2) is 8.20. The lowest BCUT2D eigenvalue weighted by Gasteiger charge is -2.16. The Morgan fingerprint density at radius 3 is 2.90 bits per heavy atom. The van der Waals surface area contributed by atoms with Crippen LogP contribution in [0.5, 0.6) is 0 Å². The van der Waals surface area contributed by atoms with Crippen LogP contribution in [0.25, 0.3) is 0 Å². The van der Waals surface area contributed by atoms with Crippen LogP contribution in [0, 0.1) is 0 Å². The van der Waals surface area contributed by atoms with Crippen molar-refractivity contribution in [1.29, 1.82) is 0 Å². The number of guanidine groups is 1. The molecule has 0 amide bonds. The maximum Gasteiger partial charge on any atom is 0.191 e. The third-order valence-corrected chi connectivity index (χ3v) is 3.82. The number of thiophene rings is 1. The van der Waals surface area contributed by atoms with Gasteiger partial charge in [-0.25, -0.2) is 4.98 Å². The molecule has 2 rings (SSSR count). The predicted molar refractivity (Wildman–Crippen MR) is 92.5 cm³/mol. The zero-order chi connectivity index (χ0) is 13.7. The van der Waals surface area contributed by atoms with Crippen molar-refractivity contribution >= 4 is 41.3 Å². The zero-order valence-corrected chi connectivity index (χ0v) is 14.8. The van der Waals surface area contributed by atoms with Gasteiger partial charge in [-0.05, 0) is 18.4 Å². The lowest BCUT2D eigenvalue weighted by molar-refractivity contribution is 0.655. The van der Waals surface area contributed by atoms with Gasteiger partial charge in [0.25, 0.3) is 0 Å². The Morgan fingerprint density at radius 2 is 2.35 bits per heavy atom. The van der Waals surface area contributed by atoms with Crippen LogP contribution >= 0.6 is 35.3 Å². The van der Waals surface area contributed by atoms with E-state index in [0.29, 0.717) is 6.54 Å². The van der Waals surface area contributed by atoms with Gasteiger partial charge in [0.05, 0.1) is 12.6 Å². The molecule has 2 heterocycles. The average molecular weight is 406 g/mol. The summed E-state index contributed by atoms with van der Waals surface area (Å²) < 4.78 is 1.74. The first-order chi connectivity index (χ1) is 9.20. The maximum atomic E-state index is 4.21. The lowest BCUT2D eigenvalue weighted by Crippen LogP contribution is -2.38. The van der Waals surface area contributed by atoms with E-state index in [-0.39, 0.29) is 30.0 Å². The number of hydrogen-bond donors (Lipinski definition) is 2. The van der Waals surface area contributed by atoms with E-state index in [4.69, 9.17) is 0 Å². The third-order valence-electron chi connectivity index (χ3n) is 2.77. The monoisotopic (exact) mass is 406 g/mol. The fraction of sp³-hybridized carbons (Fsp3) is 0.417. The molecule has 0 aliphatic carbocycles. The Labute approximate surface area is 139 Å². The molecule has 110 valence electrons. The summed E-state index contributed by atoms with van der Waals surface area (Å²) in [5.41, 5.74) is 0. The van der Waals surface area contributed by atoms with E-state index in [1.165, 1.54) is 4.88 Å². The number of aliphatic imine (C=N–C) groups is 1. The molecule has 6 nitrogen and oxygen atoms in total. The number of nitrogens with zero attached hydrogens (tertiary/aromatic N) is 4. The standard InChI is InChI=1S/C12H18N6S.HI/c1-9(10-5-4-6-19-10)17-12(13-2)14-7-11-15-8-16-18(11)3;/h4-6,8-9H,7H2,1-3H3,(H2,13,14,17);1H. The highest BCUT2D eigenvalue weighted by Gasteiger charge is 2.09. The van der Waals surface area contributed by atoms with Gasteiger partial charge in [-0.3, -0.25) is 9.67 Å². The number of hydrogen-bond acceptors (Lipinski definition) is 4. The number of aromatic nitrogens is 3. The molecule has 2 aromatic rings. The van der Waals surface area contributed by atoms with Gasteiger partial charge in [0, 0.05) is 19.0 Å². The smallest absolute Gasteiger partial charge is 0.191 e. The van der Waals surface area contributed by atoms with Crippen LogP contribution in [0.3, 0.4) is 0 Å². The quantitative estimate of drug-likeness (QED) is 0.463. The Hall–Kier alpha value is -1.16. The molecule has 0 aliphatic rings. The third kappa shape index (κ3) is 4.44. The van der Waals surface area contributed by atoms with Crippen LogP contribution in [0.2, 0.25) is 0 Å². The van der Waals surface area contributed by atoms with Gasteiger partial charge in [-0.2, -0.15) is 5.10 Å². The second-order valence-corrected chi connectivity index (χ2v) is 5.09. The van der Waals surface area contributed by atoms with Crippen molar-refractivity contribution in [2.24, 2.45) is 12.0 Å². The van der Waals surface area contributed by atoms with Crippen LogP contribution in [0.15, 0.2) is 28.8 Å². The summed E-state index contributed by atoms with van der Waals surface area (Å²) in [5, 5.41) is 12.7. The van der Waals surface area contributed by atoms with Crippen molar-refractivity contribution in [2.45, 2.75) is 19.5 Å². The van der Waals surface area contributed by atoms with Gasteiger partial charge in [-0.15, -0.1) is 35.3 Å². The van der Waals surface area contributed by atoms with Crippen LogP contribution in [-0.4, -0.2) is 27.8 Å². The summed E-state index contributed by atoms with van der Waals surface area (Å²) >= 11 is 1.73. The van der Waals surface area contributed by atoms with Crippen molar-refractivity contribution in [3.63, 3.8) is 0 Å². The van der Waals surface area contributed by atoms with Crippen LogP contribution in [-0.2, 0) is 13.6 Å². The van der Waals surface area contributed by atoms with E-state index in [1.807, 2.05) is 13.1 Å². The number of rotatable bonds is 4. The lowest BCUT2D eigenvalue weighted by atomic mass is 10.3. The van der Waals surface area contributed by atoms with E-state index in [9.17, 15) is 0 Å². The molecule has 0 radical (unpaired) electrons. The Morgan fingerprint density at radius 1 is 1.55 bits per heavy atom. The summed E-state index contributed by atoms with van der Waals surface area (Å²) in [6, 6.07) is 4.39. The first kappa shape index (κ1) is 16.9. The molecule has 8 heteroatoms. The Kier molecular flexibility index (Phi) is 6.93. The highest BCUT2D eigenvalue weighted by molar-refractivity contribution is 14.0. The molecular weight excluding hydrogens is 387 g/mol. The summed E-state index contributed by atoms with van der Waals surface area (Å²) in [4.78, 5) is 9.65. The first-order valence-corrected chi connectivity index (χ1v) is 6.92. The minimum atomic E-state index is 0. The molecule has 0 spiro atoms. The Balaban J connectivity index is 0.00000200. The van der Waals surface area contributed by atoms with Crippen molar-refractivity contribution < 1.29 is 0 Å². The molecule has 1 atom stereocenters. The Bertz CT molecular complexity index is 536. The van der Waals surface area contributed by atoms with Gasteiger partial charge in [0.15, 0.2) is 5.96 Å². The molecule has 0 saturated carbocycles. The van der Waals surface area contributed by atoms with Gasteiger partial charge >= 0.3 is 0 Å². The van der Waals surface area contributed by atoms with Gasteiger partial charge in [-0.1, -0.05) is 6.07 Å². The van der Waals surface area contributed by atoms with Crippen LogP contribution < -0.4 is 10.6 Å². The molecule has 2 N–H and O–H groups in total. The number of halogens is 1. The molecule has 20 heavy (non-hydrogen) atoms. The summed E-state index contributed by atoms with van der Waals surface area (Å²) in [7, 11) is 3.63. The topological polar surface area (TPSA) is 67.1 Å². The summed E-state index contributed by atoms with van der Waals surface area (Å²) in [6.07, 6.45) is 1.54. The molecule has 1 unspecified atom stereocenters.